The normalized spacial score (nSPS) is 11.0. The van der Waals surface area contributed by atoms with Crippen LogP contribution in [0.5, 0.6) is 5.75 Å². The zero-order valence-corrected chi connectivity index (χ0v) is 9.03. The first-order valence-electron chi connectivity index (χ1n) is 4.28. The maximum Gasteiger partial charge on any atom is 0.142 e. The summed E-state index contributed by atoms with van der Waals surface area (Å²) in [5.41, 5.74) is 6.16. The Balaban J connectivity index is 2.71. The van der Waals surface area contributed by atoms with E-state index in [-0.39, 0.29) is 5.75 Å². The lowest BCUT2D eigenvalue weighted by molar-refractivity contribution is 0.478. The summed E-state index contributed by atoms with van der Waals surface area (Å²) in [6, 6.07) is 3.41. The number of halogens is 1. The van der Waals surface area contributed by atoms with Crippen LogP contribution in [0.3, 0.4) is 0 Å². The molecule has 0 aliphatic rings. The van der Waals surface area contributed by atoms with E-state index >= 15 is 0 Å². The second kappa shape index (κ2) is 3.59. The van der Waals surface area contributed by atoms with E-state index in [1.807, 2.05) is 10.6 Å². The molecule has 2 aromatic rings. The third-order valence-electron chi connectivity index (χ3n) is 2.04. The maximum atomic E-state index is 9.61. The molecule has 0 saturated carbocycles. The number of aromatic hydroxyl groups is 1. The molecule has 2 aromatic heterocycles. The highest BCUT2D eigenvalue weighted by Gasteiger charge is 2.10. The first-order valence-corrected chi connectivity index (χ1v) is 5.08. The number of hydrogen-bond donors (Lipinski definition) is 2. The molecule has 0 fully saturated rings. The van der Waals surface area contributed by atoms with E-state index < -0.39 is 0 Å². The first kappa shape index (κ1) is 9.48. The number of nitrogens with zero attached hydrogens (tertiary/aromatic N) is 2. The van der Waals surface area contributed by atoms with Gasteiger partial charge in [-0.25, -0.2) is 4.98 Å². The number of aromatic nitrogens is 2. The Bertz CT molecular complexity index is 466. The summed E-state index contributed by atoms with van der Waals surface area (Å²) in [7, 11) is 0. The quantitative estimate of drug-likeness (QED) is 0.851. The topological polar surface area (TPSA) is 63.5 Å². The van der Waals surface area contributed by atoms with Gasteiger partial charge in [0.25, 0.3) is 0 Å². The molecule has 0 saturated heterocycles. The summed E-state index contributed by atoms with van der Waals surface area (Å²) in [6.45, 7) is 0.543. The number of hydrogen-bond acceptors (Lipinski definition) is 3. The predicted molar refractivity (Wildman–Crippen MR) is 57.3 cm³/mol. The van der Waals surface area contributed by atoms with E-state index in [9.17, 15) is 5.11 Å². The number of rotatable bonds is 2. The Labute approximate surface area is 89.5 Å². The Hall–Kier alpha value is -1.07. The fourth-order valence-corrected chi connectivity index (χ4v) is 2.04. The Morgan fingerprint density at radius 2 is 2.36 bits per heavy atom. The van der Waals surface area contributed by atoms with Gasteiger partial charge in [-0.2, -0.15) is 0 Å². The van der Waals surface area contributed by atoms with Crippen LogP contribution in [0.25, 0.3) is 5.52 Å². The molecule has 0 unspecified atom stereocenters. The highest BCUT2D eigenvalue weighted by molar-refractivity contribution is 9.10. The summed E-state index contributed by atoms with van der Waals surface area (Å²) in [4.78, 5) is 4.28. The standard InChI is InChI=1S/C9H10BrN3O/c10-9-8-6(14)2-1-5-13(8)7(12-9)3-4-11/h1-2,5,14H,3-4,11H2. The predicted octanol–water partition coefficient (Wildman–Crippen LogP) is 1.30. The van der Waals surface area contributed by atoms with Crippen LogP contribution in [0, 0.1) is 0 Å². The number of imidazole rings is 1. The Kier molecular flexibility index (Phi) is 2.43. The van der Waals surface area contributed by atoms with Crippen LogP contribution in [-0.2, 0) is 6.42 Å². The van der Waals surface area contributed by atoms with E-state index in [2.05, 4.69) is 20.9 Å². The van der Waals surface area contributed by atoms with Crippen molar-refractivity contribution in [1.29, 1.82) is 0 Å². The minimum atomic E-state index is 0.218. The minimum Gasteiger partial charge on any atom is -0.506 e. The molecule has 4 nitrogen and oxygen atoms in total. The maximum absolute atomic E-state index is 9.61. The molecule has 2 rings (SSSR count). The van der Waals surface area contributed by atoms with Crippen molar-refractivity contribution in [3.63, 3.8) is 0 Å². The molecule has 0 spiro atoms. The van der Waals surface area contributed by atoms with Gasteiger partial charge in [-0.3, -0.25) is 4.40 Å². The third-order valence-corrected chi connectivity index (χ3v) is 2.59. The molecular formula is C9H10BrN3O. The summed E-state index contributed by atoms with van der Waals surface area (Å²) in [5.74, 6) is 1.07. The van der Waals surface area contributed by atoms with Crippen LogP contribution >= 0.6 is 15.9 Å². The zero-order valence-electron chi connectivity index (χ0n) is 7.44. The summed E-state index contributed by atoms with van der Waals surface area (Å²) >= 11 is 3.31. The molecular weight excluding hydrogens is 246 g/mol. The van der Waals surface area contributed by atoms with Crippen LogP contribution < -0.4 is 5.73 Å². The largest absolute Gasteiger partial charge is 0.506 e. The molecule has 0 aliphatic carbocycles. The molecule has 0 aliphatic heterocycles. The van der Waals surface area contributed by atoms with Crippen LogP contribution in [-0.4, -0.2) is 21.0 Å². The second-order valence-electron chi connectivity index (χ2n) is 2.97. The molecule has 5 heteroatoms. The van der Waals surface area contributed by atoms with Gasteiger partial charge in [0.15, 0.2) is 0 Å². The molecule has 2 heterocycles. The fourth-order valence-electron chi connectivity index (χ4n) is 1.44. The van der Waals surface area contributed by atoms with E-state index in [4.69, 9.17) is 5.73 Å². The SMILES string of the molecule is NCCc1nc(Br)c2c(O)cccn12. The Morgan fingerprint density at radius 1 is 1.57 bits per heavy atom. The highest BCUT2D eigenvalue weighted by atomic mass is 79.9. The van der Waals surface area contributed by atoms with Crippen molar-refractivity contribution < 1.29 is 5.11 Å². The van der Waals surface area contributed by atoms with Crippen molar-refractivity contribution in [2.24, 2.45) is 5.73 Å². The van der Waals surface area contributed by atoms with Gasteiger partial charge in [0.05, 0.1) is 0 Å². The van der Waals surface area contributed by atoms with Gasteiger partial charge in [-0.15, -0.1) is 0 Å². The van der Waals surface area contributed by atoms with Crippen molar-refractivity contribution >= 4 is 21.4 Å². The lowest BCUT2D eigenvalue weighted by Crippen LogP contribution is -2.06. The molecule has 3 N–H and O–H groups in total. The van der Waals surface area contributed by atoms with Gasteiger partial charge in [0, 0.05) is 12.6 Å². The monoisotopic (exact) mass is 255 g/mol. The molecule has 0 radical (unpaired) electrons. The van der Waals surface area contributed by atoms with E-state index in [1.54, 1.807) is 12.1 Å². The van der Waals surface area contributed by atoms with Gasteiger partial charge < -0.3 is 10.8 Å². The number of nitrogens with two attached hydrogens (primary N) is 1. The van der Waals surface area contributed by atoms with Gasteiger partial charge in [-0.05, 0) is 34.6 Å². The van der Waals surface area contributed by atoms with E-state index in [0.29, 0.717) is 23.1 Å². The first-order chi connectivity index (χ1) is 6.74. The van der Waals surface area contributed by atoms with Crippen molar-refractivity contribution in [3.05, 3.63) is 28.8 Å². The van der Waals surface area contributed by atoms with E-state index in [1.165, 1.54) is 0 Å². The van der Waals surface area contributed by atoms with Gasteiger partial charge >= 0.3 is 0 Å². The zero-order chi connectivity index (χ0) is 10.1. The third kappa shape index (κ3) is 1.38. The Morgan fingerprint density at radius 3 is 3.07 bits per heavy atom. The molecule has 0 atom stereocenters. The minimum absolute atomic E-state index is 0.218. The molecule has 14 heavy (non-hydrogen) atoms. The smallest absolute Gasteiger partial charge is 0.142 e. The average Bonchev–Trinajstić information content (AvgIpc) is 2.46. The van der Waals surface area contributed by atoms with Crippen molar-refractivity contribution in [2.75, 3.05) is 6.54 Å². The van der Waals surface area contributed by atoms with E-state index in [0.717, 1.165) is 5.82 Å². The van der Waals surface area contributed by atoms with Crippen LogP contribution in [0.2, 0.25) is 0 Å². The van der Waals surface area contributed by atoms with Gasteiger partial charge in [0.2, 0.25) is 0 Å². The van der Waals surface area contributed by atoms with Gasteiger partial charge in [-0.1, -0.05) is 0 Å². The van der Waals surface area contributed by atoms with Crippen molar-refractivity contribution in [3.8, 4) is 5.75 Å². The van der Waals surface area contributed by atoms with Gasteiger partial charge in [0.1, 0.15) is 21.7 Å². The average molecular weight is 256 g/mol. The fraction of sp³-hybridized carbons (Fsp3) is 0.222. The summed E-state index contributed by atoms with van der Waals surface area (Å²) in [6.07, 6.45) is 2.55. The lowest BCUT2D eigenvalue weighted by Gasteiger charge is -1.99. The molecule has 0 amide bonds. The lowest BCUT2D eigenvalue weighted by atomic mass is 10.3. The second-order valence-corrected chi connectivity index (χ2v) is 3.72. The van der Waals surface area contributed by atoms with Crippen LogP contribution in [0.1, 0.15) is 5.82 Å². The molecule has 74 valence electrons. The number of fused-ring (bicyclic) bond motifs is 1. The molecule has 0 bridgehead atoms. The molecule has 0 aromatic carbocycles. The number of pyridine rings is 1. The summed E-state index contributed by atoms with van der Waals surface area (Å²) in [5, 5.41) is 9.61. The van der Waals surface area contributed by atoms with Crippen LogP contribution in [0.15, 0.2) is 22.9 Å². The summed E-state index contributed by atoms with van der Waals surface area (Å²) < 4.78 is 2.49. The van der Waals surface area contributed by atoms with Crippen molar-refractivity contribution in [2.45, 2.75) is 6.42 Å². The highest BCUT2D eigenvalue weighted by Crippen LogP contribution is 2.26. The van der Waals surface area contributed by atoms with Crippen molar-refractivity contribution in [1.82, 2.24) is 9.38 Å². The van der Waals surface area contributed by atoms with Crippen LogP contribution in [0.4, 0.5) is 0 Å².